The summed E-state index contributed by atoms with van der Waals surface area (Å²) in [5, 5.41) is 0. The first-order valence-corrected chi connectivity index (χ1v) is 6.20. The van der Waals surface area contributed by atoms with E-state index in [0.717, 1.165) is 12.1 Å². The molecular formula is C14H20F3NO. The Labute approximate surface area is 111 Å². The average molecular weight is 275 g/mol. The Hall–Kier alpha value is -1.07. The summed E-state index contributed by atoms with van der Waals surface area (Å²) in [6.07, 6.45) is -4.13. The van der Waals surface area contributed by atoms with Crippen LogP contribution in [-0.4, -0.2) is 19.3 Å². The molecule has 0 spiro atoms. The second kappa shape index (κ2) is 6.39. The molecule has 2 nitrogen and oxygen atoms in total. The van der Waals surface area contributed by atoms with Gasteiger partial charge in [0.15, 0.2) is 0 Å². The van der Waals surface area contributed by atoms with Gasteiger partial charge in [0.25, 0.3) is 0 Å². The van der Waals surface area contributed by atoms with Crippen LogP contribution in [-0.2, 0) is 17.3 Å². The van der Waals surface area contributed by atoms with Crippen LogP contribution in [0.1, 0.15) is 25.0 Å². The monoisotopic (exact) mass is 275 g/mol. The maximum atomic E-state index is 12.6. The SMILES string of the molecule is COC(C(C)C)C(N)Cc1cccc(C(F)(F)F)c1. The van der Waals surface area contributed by atoms with E-state index >= 15 is 0 Å². The smallest absolute Gasteiger partial charge is 0.380 e. The average Bonchev–Trinajstić information content (AvgIpc) is 2.28. The van der Waals surface area contributed by atoms with Crippen molar-refractivity contribution in [2.75, 3.05) is 7.11 Å². The van der Waals surface area contributed by atoms with Crippen LogP contribution in [0.3, 0.4) is 0 Å². The quantitative estimate of drug-likeness (QED) is 0.895. The predicted molar refractivity (Wildman–Crippen MR) is 68.8 cm³/mol. The summed E-state index contributed by atoms with van der Waals surface area (Å²) in [6, 6.07) is 4.94. The molecule has 2 unspecified atom stereocenters. The van der Waals surface area contributed by atoms with E-state index in [1.165, 1.54) is 6.07 Å². The van der Waals surface area contributed by atoms with Crippen molar-refractivity contribution in [2.45, 2.75) is 38.6 Å². The van der Waals surface area contributed by atoms with Crippen molar-refractivity contribution < 1.29 is 17.9 Å². The third kappa shape index (κ3) is 4.51. The lowest BCUT2D eigenvalue weighted by Gasteiger charge is -2.26. The molecule has 19 heavy (non-hydrogen) atoms. The molecule has 0 radical (unpaired) electrons. The first kappa shape index (κ1) is 16.0. The van der Waals surface area contributed by atoms with Crippen LogP contribution >= 0.6 is 0 Å². The Morgan fingerprint density at radius 1 is 1.26 bits per heavy atom. The zero-order chi connectivity index (χ0) is 14.6. The summed E-state index contributed by atoms with van der Waals surface area (Å²) >= 11 is 0. The van der Waals surface area contributed by atoms with Crippen molar-refractivity contribution in [1.29, 1.82) is 0 Å². The molecule has 0 aliphatic rings. The second-order valence-electron chi connectivity index (χ2n) is 5.01. The molecule has 0 bridgehead atoms. The summed E-state index contributed by atoms with van der Waals surface area (Å²) in [5.41, 5.74) is 5.95. The number of nitrogens with two attached hydrogens (primary N) is 1. The molecule has 0 amide bonds. The third-order valence-corrected chi connectivity index (χ3v) is 3.08. The Morgan fingerprint density at radius 2 is 1.89 bits per heavy atom. The molecule has 108 valence electrons. The lowest BCUT2D eigenvalue weighted by molar-refractivity contribution is -0.137. The van der Waals surface area contributed by atoms with E-state index in [0.29, 0.717) is 12.0 Å². The van der Waals surface area contributed by atoms with Gasteiger partial charge in [0.05, 0.1) is 11.7 Å². The van der Waals surface area contributed by atoms with Crippen LogP contribution in [0.4, 0.5) is 13.2 Å². The van der Waals surface area contributed by atoms with Crippen LogP contribution in [0.5, 0.6) is 0 Å². The molecule has 1 rings (SSSR count). The minimum absolute atomic E-state index is 0.172. The second-order valence-corrected chi connectivity index (χ2v) is 5.01. The van der Waals surface area contributed by atoms with E-state index in [1.807, 2.05) is 13.8 Å². The minimum atomic E-state index is -4.32. The fraction of sp³-hybridized carbons (Fsp3) is 0.571. The molecule has 0 saturated heterocycles. The number of benzene rings is 1. The first-order chi connectivity index (χ1) is 8.75. The van der Waals surface area contributed by atoms with E-state index in [-0.39, 0.29) is 18.1 Å². The summed E-state index contributed by atoms with van der Waals surface area (Å²) in [6.45, 7) is 3.94. The van der Waals surface area contributed by atoms with Crippen LogP contribution in [0.2, 0.25) is 0 Å². The van der Waals surface area contributed by atoms with Gasteiger partial charge in [-0.15, -0.1) is 0 Å². The normalized spacial score (nSPS) is 15.6. The number of ether oxygens (including phenoxy) is 1. The number of hydrogen-bond donors (Lipinski definition) is 1. The van der Waals surface area contributed by atoms with Gasteiger partial charge in [-0.2, -0.15) is 13.2 Å². The summed E-state index contributed by atoms with van der Waals surface area (Å²) < 4.78 is 43.1. The van der Waals surface area contributed by atoms with E-state index in [2.05, 4.69) is 0 Å². The predicted octanol–water partition coefficient (Wildman–Crippen LogP) is 3.25. The van der Waals surface area contributed by atoms with Gasteiger partial charge in [-0.25, -0.2) is 0 Å². The van der Waals surface area contributed by atoms with Crippen molar-refractivity contribution in [3.63, 3.8) is 0 Å². The highest BCUT2D eigenvalue weighted by Crippen LogP contribution is 2.29. The first-order valence-electron chi connectivity index (χ1n) is 6.20. The maximum Gasteiger partial charge on any atom is 0.416 e. The standard InChI is InChI=1S/C14H20F3NO/c1-9(2)13(19-3)12(18)8-10-5-4-6-11(7-10)14(15,16)17/h4-7,9,12-13H,8,18H2,1-3H3. The van der Waals surface area contributed by atoms with Gasteiger partial charge >= 0.3 is 6.18 Å². The minimum Gasteiger partial charge on any atom is -0.380 e. The highest BCUT2D eigenvalue weighted by atomic mass is 19.4. The van der Waals surface area contributed by atoms with Gasteiger partial charge in [-0.1, -0.05) is 32.0 Å². The van der Waals surface area contributed by atoms with Gasteiger partial charge in [-0.05, 0) is 24.0 Å². The molecule has 0 fully saturated rings. The molecule has 0 heterocycles. The number of halogens is 3. The van der Waals surface area contributed by atoms with Gasteiger partial charge in [0.2, 0.25) is 0 Å². The fourth-order valence-electron chi connectivity index (χ4n) is 2.20. The van der Waals surface area contributed by atoms with Gasteiger partial charge < -0.3 is 10.5 Å². The topological polar surface area (TPSA) is 35.2 Å². The lowest BCUT2D eigenvalue weighted by atomic mass is 9.94. The highest BCUT2D eigenvalue weighted by Gasteiger charge is 2.30. The molecule has 0 aromatic heterocycles. The van der Waals surface area contributed by atoms with Crippen molar-refractivity contribution in [3.8, 4) is 0 Å². The van der Waals surface area contributed by atoms with Crippen LogP contribution < -0.4 is 5.73 Å². The van der Waals surface area contributed by atoms with Crippen molar-refractivity contribution in [2.24, 2.45) is 11.7 Å². The summed E-state index contributed by atoms with van der Waals surface area (Å²) in [5.74, 6) is 0.214. The number of alkyl halides is 3. The molecule has 5 heteroatoms. The molecular weight excluding hydrogens is 255 g/mol. The third-order valence-electron chi connectivity index (χ3n) is 3.08. The van der Waals surface area contributed by atoms with Crippen LogP contribution in [0.15, 0.2) is 24.3 Å². The van der Waals surface area contributed by atoms with Crippen LogP contribution in [0, 0.1) is 5.92 Å². The maximum absolute atomic E-state index is 12.6. The molecule has 2 atom stereocenters. The Bertz CT molecular complexity index is 404. The highest BCUT2D eigenvalue weighted by molar-refractivity contribution is 5.26. The Kier molecular flexibility index (Phi) is 5.38. The zero-order valence-electron chi connectivity index (χ0n) is 11.4. The molecule has 0 saturated carbocycles. The number of rotatable bonds is 5. The number of hydrogen-bond acceptors (Lipinski definition) is 2. The van der Waals surface area contributed by atoms with E-state index in [9.17, 15) is 13.2 Å². The Balaban J connectivity index is 2.82. The lowest BCUT2D eigenvalue weighted by Crippen LogP contribution is -2.41. The van der Waals surface area contributed by atoms with E-state index in [4.69, 9.17) is 10.5 Å². The van der Waals surface area contributed by atoms with Crippen LogP contribution in [0.25, 0.3) is 0 Å². The van der Waals surface area contributed by atoms with Crippen molar-refractivity contribution in [3.05, 3.63) is 35.4 Å². The molecule has 0 aliphatic carbocycles. The van der Waals surface area contributed by atoms with Crippen molar-refractivity contribution >= 4 is 0 Å². The van der Waals surface area contributed by atoms with Gasteiger partial charge in [-0.3, -0.25) is 0 Å². The summed E-state index contributed by atoms with van der Waals surface area (Å²) in [7, 11) is 1.57. The summed E-state index contributed by atoms with van der Waals surface area (Å²) in [4.78, 5) is 0. The largest absolute Gasteiger partial charge is 0.416 e. The number of methoxy groups -OCH3 is 1. The van der Waals surface area contributed by atoms with E-state index < -0.39 is 11.7 Å². The molecule has 1 aromatic carbocycles. The van der Waals surface area contributed by atoms with Gasteiger partial charge in [0.1, 0.15) is 0 Å². The Morgan fingerprint density at radius 3 is 2.37 bits per heavy atom. The van der Waals surface area contributed by atoms with Gasteiger partial charge in [0, 0.05) is 13.2 Å². The van der Waals surface area contributed by atoms with Crippen molar-refractivity contribution in [1.82, 2.24) is 0 Å². The molecule has 1 aromatic rings. The molecule has 2 N–H and O–H groups in total. The fourth-order valence-corrected chi connectivity index (χ4v) is 2.20. The zero-order valence-corrected chi connectivity index (χ0v) is 11.4. The van der Waals surface area contributed by atoms with E-state index in [1.54, 1.807) is 13.2 Å². The molecule has 0 aliphatic heterocycles.